The van der Waals surface area contributed by atoms with E-state index < -0.39 is 5.97 Å². The van der Waals surface area contributed by atoms with Crippen molar-refractivity contribution in [1.82, 2.24) is 4.98 Å². The van der Waals surface area contributed by atoms with Gasteiger partial charge in [0.2, 0.25) is 0 Å². The van der Waals surface area contributed by atoms with Crippen LogP contribution in [0.15, 0.2) is 30.3 Å². The average molecular weight is 269 g/mol. The lowest BCUT2D eigenvalue weighted by molar-refractivity contribution is 0.0521. The number of hydrogen-bond donors (Lipinski definition) is 2. The Labute approximate surface area is 117 Å². The summed E-state index contributed by atoms with van der Waals surface area (Å²) in [6.45, 7) is 2.00. The second kappa shape index (κ2) is 5.93. The second-order valence-electron chi connectivity index (χ2n) is 4.19. The van der Waals surface area contributed by atoms with E-state index in [1.807, 2.05) is 30.3 Å². The van der Waals surface area contributed by atoms with Gasteiger partial charge < -0.3 is 15.5 Å². The van der Waals surface area contributed by atoms with Crippen molar-refractivity contribution in [2.24, 2.45) is 0 Å². The molecule has 2 aromatic rings. The summed E-state index contributed by atoms with van der Waals surface area (Å²) in [5.74, 6) is -0.508. The number of carbonyl (C=O) groups excluding carboxylic acids is 1. The maximum atomic E-state index is 11.9. The third kappa shape index (κ3) is 2.50. The summed E-state index contributed by atoms with van der Waals surface area (Å²) in [5, 5.41) is 8.93. The number of nitriles is 1. The molecular formula is C15H15N3O2. The Balaban J connectivity index is 2.54. The fraction of sp³-hybridized carbons (Fsp3) is 0.200. The fourth-order valence-electron chi connectivity index (χ4n) is 2.03. The Morgan fingerprint density at radius 1 is 1.40 bits per heavy atom. The fourth-order valence-corrected chi connectivity index (χ4v) is 2.03. The number of anilines is 1. The lowest BCUT2D eigenvalue weighted by Crippen LogP contribution is -2.07. The van der Waals surface area contributed by atoms with E-state index in [9.17, 15) is 4.79 Å². The predicted octanol–water partition coefficient (Wildman–Crippen LogP) is 2.51. The smallest absolute Gasteiger partial charge is 0.356 e. The highest BCUT2D eigenvalue weighted by Crippen LogP contribution is 2.30. The number of esters is 1. The Morgan fingerprint density at radius 3 is 2.70 bits per heavy atom. The molecule has 0 aliphatic rings. The molecule has 0 aliphatic carbocycles. The van der Waals surface area contributed by atoms with E-state index >= 15 is 0 Å². The van der Waals surface area contributed by atoms with Crippen LogP contribution in [0.5, 0.6) is 0 Å². The number of nitrogens with two attached hydrogens (primary N) is 1. The largest absolute Gasteiger partial charge is 0.461 e. The second-order valence-corrected chi connectivity index (χ2v) is 4.19. The van der Waals surface area contributed by atoms with Crippen molar-refractivity contribution in [3.63, 3.8) is 0 Å². The van der Waals surface area contributed by atoms with E-state index in [0.29, 0.717) is 11.3 Å². The van der Waals surface area contributed by atoms with E-state index in [1.54, 1.807) is 6.92 Å². The van der Waals surface area contributed by atoms with Gasteiger partial charge in [0.25, 0.3) is 0 Å². The molecule has 1 heterocycles. The van der Waals surface area contributed by atoms with E-state index in [2.05, 4.69) is 11.1 Å². The van der Waals surface area contributed by atoms with Crippen LogP contribution in [0.25, 0.3) is 11.3 Å². The third-order valence-corrected chi connectivity index (χ3v) is 2.94. The SMILES string of the molecule is CCOC(=O)c1[nH]c(-c2ccccc2)c(CC#N)c1N. The van der Waals surface area contributed by atoms with E-state index in [4.69, 9.17) is 15.7 Å². The minimum absolute atomic E-state index is 0.131. The average Bonchev–Trinajstić information content (AvgIpc) is 2.78. The first kappa shape index (κ1) is 13.7. The molecule has 2 rings (SSSR count). The minimum Gasteiger partial charge on any atom is -0.461 e. The van der Waals surface area contributed by atoms with Crippen LogP contribution < -0.4 is 5.73 Å². The molecule has 0 fully saturated rings. The van der Waals surface area contributed by atoms with Crippen LogP contribution in [0.1, 0.15) is 23.0 Å². The molecule has 102 valence electrons. The summed E-state index contributed by atoms with van der Waals surface area (Å²) in [6, 6.07) is 11.5. The zero-order chi connectivity index (χ0) is 14.5. The number of nitrogens with zero attached hydrogens (tertiary/aromatic N) is 1. The van der Waals surface area contributed by atoms with Crippen LogP contribution in [0, 0.1) is 11.3 Å². The number of carbonyl (C=O) groups is 1. The topological polar surface area (TPSA) is 91.9 Å². The zero-order valence-corrected chi connectivity index (χ0v) is 11.1. The molecule has 0 radical (unpaired) electrons. The first-order chi connectivity index (χ1) is 9.69. The first-order valence-corrected chi connectivity index (χ1v) is 6.28. The molecule has 0 spiro atoms. The summed E-state index contributed by atoms with van der Waals surface area (Å²) in [6.07, 6.45) is 0.131. The van der Waals surface area contributed by atoms with Gasteiger partial charge in [0, 0.05) is 5.56 Å². The van der Waals surface area contributed by atoms with Gasteiger partial charge in [-0.2, -0.15) is 5.26 Å². The summed E-state index contributed by atoms with van der Waals surface area (Å²) < 4.78 is 4.96. The Hall–Kier alpha value is -2.74. The number of aromatic amines is 1. The Bertz CT molecular complexity index is 654. The molecule has 0 amide bonds. The summed E-state index contributed by atoms with van der Waals surface area (Å²) in [4.78, 5) is 14.8. The number of ether oxygens (including phenoxy) is 1. The molecule has 3 N–H and O–H groups in total. The van der Waals surface area contributed by atoms with Crippen LogP contribution in [-0.4, -0.2) is 17.6 Å². The van der Waals surface area contributed by atoms with Gasteiger partial charge in [-0.25, -0.2) is 4.79 Å². The summed E-state index contributed by atoms with van der Waals surface area (Å²) >= 11 is 0. The number of aromatic nitrogens is 1. The van der Waals surface area contributed by atoms with Crippen LogP contribution in [0.4, 0.5) is 5.69 Å². The van der Waals surface area contributed by atoms with E-state index in [0.717, 1.165) is 5.56 Å². The van der Waals surface area contributed by atoms with Crippen molar-refractivity contribution in [2.45, 2.75) is 13.3 Å². The van der Waals surface area contributed by atoms with Crippen molar-refractivity contribution in [2.75, 3.05) is 12.3 Å². The highest BCUT2D eigenvalue weighted by Gasteiger charge is 2.21. The van der Waals surface area contributed by atoms with Gasteiger partial charge in [-0.3, -0.25) is 0 Å². The van der Waals surface area contributed by atoms with Crippen molar-refractivity contribution in [3.05, 3.63) is 41.6 Å². The van der Waals surface area contributed by atoms with Crippen LogP contribution in [0.3, 0.4) is 0 Å². The van der Waals surface area contributed by atoms with Gasteiger partial charge in [0.05, 0.1) is 30.5 Å². The molecule has 5 nitrogen and oxygen atoms in total. The van der Waals surface area contributed by atoms with Gasteiger partial charge in [0.1, 0.15) is 5.69 Å². The quantitative estimate of drug-likeness (QED) is 0.834. The standard InChI is InChI=1S/C15H15N3O2/c1-2-20-15(19)14-12(17)11(8-9-16)13(18-14)10-6-4-3-5-7-10/h3-7,18H,2,8,17H2,1H3. The molecular weight excluding hydrogens is 254 g/mol. The van der Waals surface area contributed by atoms with Crippen molar-refractivity contribution >= 4 is 11.7 Å². The minimum atomic E-state index is -0.508. The van der Waals surface area contributed by atoms with E-state index in [-0.39, 0.29) is 24.4 Å². The predicted molar refractivity (Wildman–Crippen MR) is 75.9 cm³/mol. The number of benzene rings is 1. The summed E-state index contributed by atoms with van der Waals surface area (Å²) in [7, 11) is 0. The third-order valence-electron chi connectivity index (χ3n) is 2.94. The molecule has 0 saturated heterocycles. The molecule has 1 aromatic heterocycles. The van der Waals surface area contributed by atoms with Crippen LogP contribution in [-0.2, 0) is 11.2 Å². The van der Waals surface area contributed by atoms with Crippen LogP contribution in [0.2, 0.25) is 0 Å². The lowest BCUT2D eigenvalue weighted by atomic mass is 10.1. The number of nitrogens with one attached hydrogen (secondary N) is 1. The number of H-pyrrole nitrogens is 1. The molecule has 0 saturated carbocycles. The number of hydrogen-bond acceptors (Lipinski definition) is 4. The van der Waals surface area contributed by atoms with Crippen molar-refractivity contribution < 1.29 is 9.53 Å². The lowest BCUT2D eigenvalue weighted by Gasteiger charge is -2.01. The van der Waals surface area contributed by atoms with Gasteiger partial charge in [-0.1, -0.05) is 30.3 Å². The number of nitrogen functional groups attached to an aromatic ring is 1. The van der Waals surface area contributed by atoms with Crippen molar-refractivity contribution in [1.29, 1.82) is 5.26 Å². The molecule has 1 aromatic carbocycles. The molecule has 5 heteroatoms. The molecule has 0 unspecified atom stereocenters. The molecule has 0 atom stereocenters. The Kier molecular flexibility index (Phi) is 4.06. The van der Waals surface area contributed by atoms with Crippen molar-refractivity contribution in [3.8, 4) is 17.3 Å². The van der Waals surface area contributed by atoms with E-state index in [1.165, 1.54) is 0 Å². The van der Waals surface area contributed by atoms with Crippen LogP contribution >= 0.6 is 0 Å². The van der Waals surface area contributed by atoms with Gasteiger partial charge in [-0.15, -0.1) is 0 Å². The summed E-state index contributed by atoms with van der Waals surface area (Å²) in [5.41, 5.74) is 8.65. The first-order valence-electron chi connectivity index (χ1n) is 6.28. The normalized spacial score (nSPS) is 10.0. The van der Waals surface area contributed by atoms with Gasteiger partial charge in [-0.05, 0) is 12.5 Å². The molecule has 20 heavy (non-hydrogen) atoms. The number of rotatable bonds is 4. The van der Waals surface area contributed by atoms with Gasteiger partial charge >= 0.3 is 5.97 Å². The Morgan fingerprint density at radius 2 is 2.10 bits per heavy atom. The maximum absolute atomic E-state index is 11.9. The van der Waals surface area contributed by atoms with Gasteiger partial charge in [0.15, 0.2) is 0 Å². The monoisotopic (exact) mass is 269 g/mol. The molecule has 0 bridgehead atoms. The maximum Gasteiger partial charge on any atom is 0.356 e. The highest BCUT2D eigenvalue weighted by atomic mass is 16.5. The highest BCUT2D eigenvalue weighted by molar-refractivity contribution is 5.96. The zero-order valence-electron chi connectivity index (χ0n) is 11.1. The molecule has 0 aliphatic heterocycles.